The zero-order valence-electron chi connectivity index (χ0n) is 13.9. The van der Waals surface area contributed by atoms with E-state index in [9.17, 15) is 14.7 Å². The Morgan fingerprint density at radius 2 is 1.83 bits per heavy atom. The molecule has 0 aliphatic carbocycles. The normalized spacial score (nSPS) is 13.7. The Balaban J connectivity index is 4.33. The molecule has 0 heterocycles. The topological polar surface area (TPSA) is 93.1 Å². The van der Waals surface area contributed by atoms with Crippen LogP contribution in [0, 0.1) is 5.41 Å². The number of rotatable bonds is 10. The van der Waals surface area contributed by atoms with Crippen LogP contribution in [0.2, 0.25) is 0 Å². The van der Waals surface area contributed by atoms with Crippen molar-refractivity contribution < 1.29 is 29.3 Å². The van der Waals surface area contributed by atoms with Crippen molar-refractivity contribution in [3.8, 4) is 0 Å². The number of thiocarbonyl (C=S) groups is 1. The monoisotopic (exact) mass is 346 g/mol. The van der Waals surface area contributed by atoms with E-state index in [1.807, 2.05) is 20.8 Å². The molecule has 23 heavy (non-hydrogen) atoms. The third-order valence-electron chi connectivity index (χ3n) is 3.05. The van der Waals surface area contributed by atoms with Gasteiger partial charge in [0.2, 0.25) is 0 Å². The molecule has 0 rings (SSSR count). The SMILES string of the molecule is C=CC(=S)OC(C(O)COC(=O)CCCCC(=O)O)C(C)(C)C. The van der Waals surface area contributed by atoms with Crippen LogP contribution in [-0.2, 0) is 19.1 Å². The highest BCUT2D eigenvalue weighted by atomic mass is 32.1. The first-order chi connectivity index (χ1) is 10.6. The zero-order valence-corrected chi connectivity index (χ0v) is 14.7. The Labute approximate surface area is 142 Å². The molecule has 0 spiro atoms. The standard InChI is InChI=1S/C16H26O6S/c1-5-14(23)22-15(16(2,3)4)11(17)10-21-13(20)9-7-6-8-12(18)19/h5,11,15,17H,1,6-10H2,2-4H3,(H,18,19). The van der Waals surface area contributed by atoms with Crippen LogP contribution in [0.15, 0.2) is 12.7 Å². The molecule has 2 N–H and O–H groups in total. The highest BCUT2D eigenvalue weighted by Crippen LogP contribution is 2.26. The van der Waals surface area contributed by atoms with Crippen LogP contribution in [0.4, 0.5) is 0 Å². The summed E-state index contributed by atoms with van der Waals surface area (Å²) in [7, 11) is 0. The number of aliphatic hydroxyl groups excluding tert-OH is 1. The van der Waals surface area contributed by atoms with E-state index in [-0.39, 0.29) is 24.5 Å². The number of aliphatic hydroxyl groups is 1. The number of carbonyl (C=O) groups is 2. The van der Waals surface area contributed by atoms with Gasteiger partial charge in [0.25, 0.3) is 0 Å². The molecule has 0 aliphatic rings. The number of carboxylic acid groups (broad SMARTS) is 1. The Kier molecular flexibility index (Phi) is 9.67. The van der Waals surface area contributed by atoms with Gasteiger partial charge in [-0.2, -0.15) is 0 Å². The zero-order chi connectivity index (χ0) is 18.0. The minimum Gasteiger partial charge on any atom is -0.481 e. The maximum Gasteiger partial charge on any atom is 0.305 e. The number of hydrogen-bond acceptors (Lipinski definition) is 6. The van der Waals surface area contributed by atoms with Gasteiger partial charge in [0.05, 0.1) is 0 Å². The van der Waals surface area contributed by atoms with Gasteiger partial charge in [-0.3, -0.25) is 9.59 Å². The molecule has 0 aromatic rings. The molecule has 0 saturated carbocycles. The van der Waals surface area contributed by atoms with Gasteiger partial charge in [0, 0.05) is 18.3 Å². The number of carboxylic acids is 1. The summed E-state index contributed by atoms with van der Waals surface area (Å²) in [6, 6.07) is 0. The van der Waals surface area contributed by atoms with Gasteiger partial charge in [-0.1, -0.05) is 27.4 Å². The van der Waals surface area contributed by atoms with Gasteiger partial charge < -0.3 is 19.7 Å². The average molecular weight is 346 g/mol. The fourth-order valence-electron chi connectivity index (χ4n) is 1.89. The predicted molar refractivity (Wildman–Crippen MR) is 90.2 cm³/mol. The Hall–Kier alpha value is -1.47. The molecule has 0 aromatic carbocycles. The summed E-state index contributed by atoms with van der Waals surface area (Å²) >= 11 is 4.94. The van der Waals surface area contributed by atoms with Crippen molar-refractivity contribution in [2.75, 3.05) is 6.61 Å². The van der Waals surface area contributed by atoms with Gasteiger partial charge in [-0.05, 0) is 31.1 Å². The van der Waals surface area contributed by atoms with E-state index in [1.165, 1.54) is 6.08 Å². The number of ether oxygens (including phenoxy) is 2. The minimum atomic E-state index is -1.03. The maximum absolute atomic E-state index is 11.6. The van der Waals surface area contributed by atoms with Gasteiger partial charge in [0.15, 0.2) is 5.05 Å². The number of hydrogen-bond donors (Lipinski definition) is 2. The summed E-state index contributed by atoms with van der Waals surface area (Å²) in [5.41, 5.74) is -0.416. The Morgan fingerprint density at radius 1 is 1.26 bits per heavy atom. The molecular weight excluding hydrogens is 320 g/mol. The number of unbranched alkanes of at least 4 members (excludes halogenated alkanes) is 1. The number of carbonyl (C=O) groups excluding carboxylic acids is 1. The van der Waals surface area contributed by atoms with Gasteiger partial charge in [-0.25, -0.2) is 0 Å². The number of esters is 1. The first-order valence-corrected chi connectivity index (χ1v) is 7.87. The highest BCUT2D eigenvalue weighted by molar-refractivity contribution is 7.80. The summed E-state index contributed by atoms with van der Waals surface area (Å²) in [5.74, 6) is -1.37. The van der Waals surface area contributed by atoms with Crippen molar-refractivity contribution in [3.63, 3.8) is 0 Å². The molecule has 0 aliphatic heterocycles. The molecule has 2 atom stereocenters. The molecule has 0 saturated heterocycles. The summed E-state index contributed by atoms with van der Waals surface area (Å²) in [4.78, 5) is 21.9. The smallest absolute Gasteiger partial charge is 0.305 e. The van der Waals surface area contributed by atoms with E-state index < -0.39 is 29.6 Å². The van der Waals surface area contributed by atoms with Crippen LogP contribution in [0.25, 0.3) is 0 Å². The summed E-state index contributed by atoms with van der Waals surface area (Å²) in [6.45, 7) is 8.93. The second-order valence-electron chi connectivity index (χ2n) is 6.28. The second kappa shape index (κ2) is 10.3. The molecule has 0 bridgehead atoms. The lowest BCUT2D eigenvalue weighted by Gasteiger charge is -2.34. The molecule has 7 heteroatoms. The van der Waals surface area contributed by atoms with E-state index in [1.54, 1.807) is 0 Å². The Bertz CT molecular complexity index is 427. The van der Waals surface area contributed by atoms with Crippen LogP contribution >= 0.6 is 12.2 Å². The minimum absolute atomic E-state index is 0.0227. The van der Waals surface area contributed by atoms with Crippen LogP contribution < -0.4 is 0 Å². The first kappa shape index (κ1) is 21.5. The van der Waals surface area contributed by atoms with Gasteiger partial charge in [0.1, 0.15) is 18.8 Å². The summed E-state index contributed by atoms with van der Waals surface area (Å²) in [6.07, 6.45) is 0.676. The largest absolute Gasteiger partial charge is 0.481 e. The van der Waals surface area contributed by atoms with Crippen molar-refractivity contribution in [1.29, 1.82) is 0 Å². The lowest BCUT2D eigenvalue weighted by atomic mass is 9.86. The van der Waals surface area contributed by atoms with Crippen LogP contribution in [-0.4, -0.2) is 46.0 Å². The molecule has 0 amide bonds. The van der Waals surface area contributed by atoms with E-state index in [0.29, 0.717) is 12.8 Å². The van der Waals surface area contributed by atoms with Gasteiger partial charge in [-0.15, -0.1) is 0 Å². The highest BCUT2D eigenvalue weighted by Gasteiger charge is 2.34. The van der Waals surface area contributed by atoms with E-state index >= 15 is 0 Å². The molecule has 132 valence electrons. The lowest BCUT2D eigenvalue weighted by Crippen LogP contribution is -2.43. The maximum atomic E-state index is 11.6. The van der Waals surface area contributed by atoms with Gasteiger partial charge >= 0.3 is 11.9 Å². The van der Waals surface area contributed by atoms with E-state index in [0.717, 1.165) is 0 Å². The van der Waals surface area contributed by atoms with E-state index in [2.05, 4.69) is 6.58 Å². The lowest BCUT2D eigenvalue weighted by molar-refractivity contribution is -0.151. The third-order valence-corrected chi connectivity index (χ3v) is 3.31. The molecule has 6 nitrogen and oxygen atoms in total. The first-order valence-electron chi connectivity index (χ1n) is 7.46. The van der Waals surface area contributed by atoms with Crippen LogP contribution in [0.3, 0.4) is 0 Å². The van der Waals surface area contributed by atoms with Crippen molar-refractivity contribution >= 4 is 29.2 Å². The molecule has 0 radical (unpaired) electrons. The molecular formula is C16H26O6S. The van der Waals surface area contributed by atoms with Crippen molar-refractivity contribution in [2.24, 2.45) is 5.41 Å². The second-order valence-corrected chi connectivity index (χ2v) is 6.68. The quantitative estimate of drug-likeness (QED) is 0.272. The van der Waals surface area contributed by atoms with Crippen molar-refractivity contribution in [1.82, 2.24) is 0 Å². The van der Waals surface area contributed by atoms with E-state index in [4.69, 9.17) is 26.8 Å². The van der Waals surface area contributed by atoms with Crippen LogP contribution in [0.5, 0.6) is 0 Å². The van der Waals surface area contributed by atoms with Crippen molar-refractivity contribution in [3.05, 3.63) is 12.7 Å². The third kappa shape index (κ3) is 10.0. The fourth-order valence-corrected chi connectivity index (χ4v) is 1.99. The number of aliphatic carboxylic acids is 1. The summed E-state index contributed by atoms with van der Waals surface area (Å²) < 4.78 is 10.5. The average Bonchev–Trinajstić information content (AvgIpc) is 2.44. The van der Waals surface area contributed by atoms with Crippen LogP contribution in [0.1, 0.15) is 46.5 Å². The Morgan fingerprint density at radius 3 is 2.30 bits per heavy atom. The molecule has 0 aromatic heterocycles. The molecule has 0 fully saturated rings. The summed E-state index contributed by atoms with van der Waals surface area (Å²) in [5, 5.41) is 18.9. The molecule has 2 unspecified atom stereocenters. The van der Waals surface area contributed by atoms with Crippen molar-refractivity contribution in [2.45, 2.75) is 58.7 Å². The predicted octanol–water partition coefficient (Wildman–Crippen LogP) is 2.48. The fraction of sp³-hybridized carbons (Fsp3) is 0.688.